The standard InChI is InChI=1S/C68H135N2O6P/c1-6-8-10-12-14-16-18-20-22-24-26-27-28-29-30-31-32-33-34-35-36-37-38-39-40-41-42-43-44-46-48-50-52-54-56-58-60-62-68(72)69-66(65-76-77(73,74)75-64-63-70(3,4)5)67(71)61-59-57-55-53-51-49-47-45-25-23-21-19-17-15-13-11-9-7-2/h18,20,24,26,66-67,71H,6-17,19,21-23,25,27-65H2,1-5H3,(H-,69,72,73,74)/p+1/b20-18-,26-24-. The van der Waals surface area contributed by atoms with Crippen LogP contribution >= 0.6 is 7.82 Å². The van der Waals surface area contributed by atoms with Crippen LogP contribution in [0.25, 0.3) is 0 Å². The number of unbranched alkanes of at least 4 members (excludes halogenated alkanes) is 47. The van der Waals surface area contributed by atoms with Crippen molar-refractivity contribution in [3.63, 3.8) is 0 Å². The van der Waals surface area contributed by atoms with E-state index in [2.05, 4.69) is 43.5 Å². The second-order valence-corrected chi connectivity index (χ2v) is 26.4. The quantitative estimate of drug-likeness (QED) is 0.0243. The van der Waals surface area contributed by atoms with E-state index in [-0.39, 0.29) is 19.1 Å². The number of hydrogen-bond donors (Lipinski definition) is 3. The number of aliphatic hydroxyl groups is 1. The van der Waals surface area contributed by atoms with Gasteiger partial charge >= 0.3 is 7.82 Å². The lowest BCUT2D eigenvalue weighted by atomic mass is 10.0. The molecule has 458 valence electrons. The number of quaternary nitrogens is 1. The van der Waals surface area contributed by atoms with Crippen LogP contribution in [-0.2, 0) is 18.4 Å². The van der Waals surface area contributed by atoms with Crippen LogP contribution in [0, 0.1) is 0 Å². The number of nitrogens with zero attached hydrogens (tertiary/aromatic N) is 1. The molecule has 0 saturated heterocycles. The maximum atomic E-state index is 13.0. The predicted octanol–water partition coefficient (Wildman–Crippen LogP) is 21.5. The Kier molecular flexibility index (Phi) is 58.8. The van der Waals surface area contributed by atoms with Gasteiger partial charge in [0.1, 0.15) is 13.2 Å². The second kappa shape index (κ2) is 59.6. The normalized spacial score (nSPS) is 13.8. The summed E-state index contributed by atoms with van der Waals surface area (Å²) in [6.07, 6.45) is 77.1. The Hall–Kier alpha value is -1.02. The Morgan fingerprint density at radius 1 is 0.442 bits per heavy atom. The summed E-state index contributed by atoms with van der Waals surface area (Å²) in [5.41, 5.74) is 0. The van der Waals surface area contributed by atoms with Crippen LogP contribution in [0.1, 0.15) is 354 Å². The minimum atomic E-state index is -4.32. The van der Waals surface area contributed by atoms with Crippen LogP contribution in [0.2, 0.25) is 0 Å². The van der Waals surface area contributed by atoms with Gasteiger partial charge in [-0.25, -0.2) is 4.57 Å². The summed E-state index contributed by atoms with van der Waals surface area (Å²) in [5.74, 6) is -0.136. The number of phosphoric ester groups is 1. The fourth-order valence-electron chi connectivity index (χ4n) is 10.6. The summed E-state index contributed by atoms with van der Waals surface area (Å²) < 4.78 is 23.9. The van der Waals surface area contributed by atoms with E-state index in [1.165, 1.54) is 283 Å². The van der Waals surface area contributed by atoms with Crippen LogP contribution in [0.15, 0.2) is 24.3 Å². The molecule has 1 amide bonds. The summed E-state index contributed by atoms with van der Waals surface area (Å²) in [7, 11) is 1.64. The maximum Gasteiger partial charge on any atom is 0.472 e. The first-order valence-corrected chi connectivity index (χ1v) is 35.7. The number of nitrogens with one attached hydrogen (secondary N) is 1. The summed E-state index contributed by atoms with van der Waals surface area (Å²) in [6, 6.07) is -0.758. The molecule has 3 atom stereocenters. The topological polar surface area (TPSA) is 105 Å². The number of aliphatic hydroxyl groups excluding tert-OH is 1. The van der Waals surface area contributed by atoms with Gasteiger partial charge in [0.05, 0.1) is 39.9 Å². The van der Waals surface area contributed by atoms with E-state index in [9.17, 15) is 19.4 Å². The molecular weight excluding hydrogens is 972 g/mol. The smallest absolute Gasteiger partial charge is 0.391 e. The first-order valence-electron chi connectivity index (χ1n) is 34.2. The van der Waals surface area contributed by atoms with Gasteiger partial charge in [0, 0.05) is 6.42 Å². The Morgan fingerprint density at radius 3 is 1.06 bits per heavy atom. The lowest BCUT2D eigenvalue weighted by Gasteiger charge is -2.26. The summed E-state index contributed by atoms with van der Waals surface area (Å²) in [6.45, 7) is 4.93. The van der Waals surface area contributed by atoms with Gasteiger partial charge in [-0.05, 0) is 44.9 Å². The van der Waals surface area contributed by atoms with Crippen molar-refractivity contribution in [2.45, 2.75) is 366 Å². The van der Waals surface area contributed by atoms with Gasteiger partial charge in [-0.15, -0.1) is 0 Å². The summed E-state index contributed by atoms with van der Waals surface area (Å²) in [4.78, 5) is 23.4. The third kappa shape index (κ3) is 62.4. The average Bonchev–Trinajstić information content (AvgIpc) is 3.39. The number of likely N-dealkylation sites (N-methyl/N-ethyl adjacent to an activating group) is 1. The van der Waals surface area contributed by atoms with Crippen molar-refractivity contribution < 1.29 is 32.9 Å². The van der Waals surface area contributed by atoms with E-state index in [1.807, 2.05) is 21.1 Å². The minimum Gasteiger partial charge on any atom is -0.391 e. The van der Waals surface area contributed by atoms with Gasteiger partial charge in [-0.3, -0.25) is 13.8 Å². The summed E-state index contributed by atoms with van der Waals surface area (Å²) in [5, 5.41) is 14.1. The van der Waals surface area contributed by atoms with Crippen LogP contribution in [-0.4, -0.2) is 73.4 Å². The van der Waals surface area contributed by atoms with Crippen molar-refractivity contribution >= 4 is 13.7 Å². The molecule has 0 bridgehead atoms. The molecule has 0 saturated carbocycles. The van der Waals surface area contributed by atoms with Crippen molar-refractivity contribution in [2.75, 3.05) is 40.9 Å². The van der Waals surface area contributed by atoms with E-state index in [0.717, 1.165) is 44.9 Å². The molecule has 8 nitrogen and oxygen atoms in total. The largest absolute Gasteiger partial charge is 0.472 e. The van der Waals surface area contributed by atoms with E-state index >= 15 is 0 Å². The lowest BCUT2D eigenvalue weighted by Crippen LogP contribution is -2.46. The molecule has 0 aliphatic rings. The maximum absolute atomic E-state index is 13.0. The highest BCUT2D eigenvalue weighted by atomic mass is 31.2. The van der Waals surface area contributed by atoms with Crippen LogP contribution in [0.3, 0.4) is 0 Å². The van der Waals surface area contributed by atoms with Crippen molar-refractivity contribution in [1.29, 1.82) is 0 Å². The third-order valence-corrected chi connectivity index (χ3v) is 16.9. The zero-order valence-corrected chi connectivity index (χ0v) is 53.4. The highest BCUT2D eigenvalue weighted by molar-refractivity contribution is 7.47. The van der Waals surface area contributed by atoms with E-state index in [4.69, 9.17) is 9.05 Å². The zero-order chi connectivity index (χ0) is 56.3. The molecule has 0 rings (SSSR count). The molecule has 0 heterocycles. The average molecular weight is 1110 g/mol. The number of carbonyl (C=O) groups excluding carboxylic acids is 1. The molecule has 9 heteroatoms. The van der Waals surface area contributed by atoms with Crippen molar-refractivity contribution in [3.8, 4) is 0 Å². The molecule has 0 spiro atoms. The molecular formula is C68H136N2O6P+. The molecule has 0 aliphatic heterocycles. The summed E-state index contributed by atoms with van der Waals surface area (Å²) >= 11 is 0. The van der Waals surface area contributed by atoms with Crippen molar-refractivity contribution in [3.05, 3.63) is 24.3 Å². The number of amides is 1. The van der Waals surface area contributed by atoms with E-state index in [1.54, 1.807) is 0 Å². The highest BCUT2D eigenvalue weighted by Crippen LogP contribution is 2.43. The second-order valence-electron chi connectivity index (χ2n) is 24.9. The fraction of sp³-hybridized carbons (Fsp3) is 0.926. The molecule has 3 unspecified atom stereocenters. The van der Waals surface area contributed by atoms with Gasteiger partial charge in [0.2, 0.25) is 5.91 Å². The Labute approximate surface area is 481 Å². The molecule has 0 aromatic rings. The van der Waals surface area contributed by atoms with Crippen molar-refractivity contribution in [1.82, 2.24) is 5.32 Å². The fourth-order valence-corrected chi connectivity index (χ4v) is 11.3. The molecule has 0 aromatic heterocycles. The third-order valence-electron chi connectivity index (χ3n) is 16.0. The lowest BCUT2D eigenvalue weighted by molar-refractivity contribution is -0.870. The Bertz CT molecular complexity index is 1300. The van der Waals surface area contributed by atoms with Gasteiger partial charge in [-0.1, -0.05) is 327 Å². The Morgan fingerprint density at radius 2 is 0.740 bits per heavy atom. The first-order chi connectivity index (χ1) is 37.5. The first kappa shape index (κ1) is 76.0. The minimum absolute atomic E-state index is 0.0779. The van der Waals surface area contributed by atoms with Gasteiger partial charge < -0.3 is 19.8 Å². The zero-order valence-electron chi connectivity index (χ0n) is 52.5. The monoisotopic (exact) mass is 1110 g/mol. The molecule has 0 aliphatic carbocycles. The van der Waals surface area contributed by atoms with Gasteiger partial charge in [0.15, 0.2) is 0 Å². The van der Waals surface area contributed by atoms with Gasteiger partial charge in [0.25, 0.3) is 0 Å². The van der Waals surface area contributed by atoms with Crippen molar-refractivity contribution in [2.24, 2.45) is 0 Å². The van der Waals surface area contributed by atoms with Crippen LogP contribution in [0.4, 0.5) is 0 Å². The van der Waals surface area contributed by atoms with E-state index in [0.29, 0.717) is 23.9 Å². The molecule has 0 fully saturated rings. The Balaban J connectivity index is 3.91. The molecule has 77 heavy (non-hydrogen) atoms. The van der Waals surface area contributed by atoms with Crippen LogP contribution in [0.5, 0.6) is 0 Å². The number of phosphoric acid groups is 1. The van der Waals surface area contributed by atoms with Crippen LogP contribution < -0.4 is 5.32 Å². The molecule has 0 radical (unpaired) electrons. The number of rotatable bonds is 64. The SMILES string of the molecule is CCCCCCC/C=C\C/C=C\CCCCCCCCCCCCCCCCCCCCCCCCCCCC(=O)NC(COP(=O)(O)OCC[N+](C)(C)C)C(O)CCCCCCCCCCCCCCCCCCCC. The number of hydrogen-bond acceptors (Lipinski definition) is 5. The highest BCUT2D eigenvalue weighted by Gasteiger charge is 2.28. The molecule has 3 N–H and O–H groups in total. The number of allylic oxidation sites excluding steroid dienone is 4. The molecule has 0 aromatic carbocycles. The predicted molar refractivity (Wildman–Crippen MR) is 337 cm³/mol. The number of carbonyl (C=O) groups is 1. The van der Waals surface area contributed by atoms with Gasteiger partial charge in [-0.2, -0.15) is 0 Å². The van der Waals surface area contributed by atoms with E-state index < -0.39 is 20.0 Å².